The molecule has 5 nitrogen and oxygen atoms in total. The summed E-state index contributed by atoms with van der Waals surface area (Å²) in [4.78, 5) is 8.37. The molecule has 1 aliphatic heterocycles. The lowest BCUT2D eigenvalue weighted by Gasteiger charge is -2.14. The number of rotatable bonds is 5. The van der Waals surface area contributed by atoms with Crippen molar-refractivity contribution in [3.8, 4) is 5.88 Å². The monoisotopic (exact) mass is 236 g/mol. The first-order valence-corrected chi connectivity index (χ1v) is 6.23. The molecule has 1 aliphatic rings. The number of hydrogen-bond donors (Lipinski definition) is 2. The van der Waals surface area contributed by atoms with Crippen molar-refractivity contribution in [3.63, 3.8) is 0 Å². The summed E-state index contributed by atoms with van der Waals surface area (Å²) in [5.41, 5.74) is 0.979. The highest BCUT2D eigenvalue weighted by atomic mass is 16.5. The topological polar surface area (TPSA) is 59.1 Å². The van der Waals surface area contributed by atoms with E-state index in [2.05, 4.69) is 20.6 Å². The molecule has 1 fully saturated rings. The van der Waals surface area contributed by atoms with Gasteiger partial charge in [0.15, 0.2) is 0 Å². The minimum absolute atomic E-state index is 0.555. The van der Waals surface area contributed by atoms with Gasteiger partial charge in [0.25, 0.3) is 0 Å². The number of ether oxygens (including phenoxy) is 1. The molecule has 0 aromatic carbocycles. The van der Waals surface area contributed by atoms with Gasteiger partial charge in [0.2, 0.25) is 5.88 Å². The van der Waals surface area contributed by atoms with E-state index in [0.717, 1.165) is 24.5 Å². The van der Waals surface area contributed by atoms with E-state index in [1.807, 2.05) is 13.8 Å². The predicted octanol–water partition coefficient (Wildman–Crippen LogP) is 1.35. The molecule has 2 N–H and O–H groups in total. The third-order valence-electron chi connectivity index (χ3n) is 3.00. The van der Waals surface area contributed by atoms with E-state index in [-0.39, 0.29) is 0 Å². The lowest BCUT2D eigenvalue weighted by atomic mass is 10.2. The fourth-order valence-corrected chi connectivity index (χ4v) is 2.05. The molecule has 1 atom stereocenters. The third kappa shape index (κ3) is 3.06. The lowest BCUT2D eigenvalue weighted by Crippen LogP contribution is -2.29. The highest BCUT2D eigenvalue weighted by Gasteiger charge is 2.14. The molecule has 2 heterocycles. The van der Waals surface area contributed by atoms with Gasteiger partial charge in [-0.2, -0.15) is 0 Å². The zero-order valence-corrected chi connectivity index (χ0v) is 10.5. The van der Waals surface area contributed by atoms with Crippen LogP contribution >= 0.6 is 0 Å². The molecule has 1 unspecified atom stereocenters. The fourth-order valence-electron chi connectivity index (χ4n) is 2.05. The average Bonchev–Trinajstić information content (AvgIpc) is 2.83. The molecule has 17 heavy (non-hydrogen) atoms. The van der Waals surface area contributed by atoms with Crippen LogP contribution in [0.5, 0.6) is 5.88 Å². The van der Waals surface area contributed by atoms with Crippen molar-refractivity contribution in [2.24, 2.45) is 0 Å². The summed E-state index contributed by atoms with van der Waals surface area (Å²) in [6, 6.07) is 0.555. The summed E-state index contributed by atoms with van der Waals surface area (Å²) in [6.45, 7) is 6.59. The van der Waals surface area contributed by atoms with E-state index in [1.54, 1.807) is 6.33 Å². The second-order valence-corrected chi connectivity index (χ2v) is 4.26. The number of aromatic nitrogens is 2. The standard InChI is InChI=1S/C12H20N4O/c1-3-17-12-9(2)11(15-8-16-12)14-7-10-5-4-6-13-10/h8,10,13H,3-7H2,1-2H3,(H,14,15,16). The Morgan fingerprint density at radius 2 is 2.41 bits per heavy atom. The molecule has 94 valence electrons. The van der Waals surface area contributed by atoms with Gasteiger partial charge in [-0.25, -0.2) is 9.97 Å². The molecule has 0 spiro atoms. The molecule has 1 aromatic rings. The lowest BCUT2D eigenvalue weighted by molar-refractivity contribution is 0.324. The summed E-state index contributed by atoms with van der Waals surface area (Å²) in [5.74, 6) is 1.54. The fraction of sp³-hybridized carbons (Fsp3) is 0.667. The summed E-state index contributed by atoms with van der Waals surface area (Å²) >= 11 is 0. The van der Waals surface area contributed by atoms with E-state index in [9.17, 15) is 0 Å². The first kappa shape index (κ1) is 12.1. The maximum atomic E-state index is 5.44. The van der Waals surface area contributed by atoms with Crippen molar-refractivity contribution in [1.82, 2.24) is 15.3 Å². The first-order valence-electron chi connectivity index (χ1n) is 6.23. The Morgan fingerprint density at radius 1 is 1.53 bits per heavy atom. The maximum Gasteiger partial charge on any atom is 0.221 e. The zero-order chi connectivity index (χ0) is 12.1. The minimum Gasteiger partial charge on any atom is -0.478 e. The van der Waals surface area contributed by atoms with Crippen LogP contribution in [-0.2, 0) is 0 Å². The minimum atomic E-state index is 0.555. The van der Waals surface area contributed by atoms with Gasteiger partial charge in [-0.1, -0.05) is 0 Å². The first-order chi connectivity index (χ1) is 8.31. The number of anilines is 1. The van der Waals surface area contributed by atoms with Gasteiger partial charge >= 0.3 is 0 Å². The van der Waals surface area contributed by atoms with Crippen LogP contribution in [0.1, 0.15) is 25.3 Å². The summed E-state index contributed by atoms with van der Waals surface area (Å²) in [7, 11) is 0. The Labute approximate surface area is 102 Å². The molecule has 2 rings (SSSR count). The smallest absolute Gasteiger partial charge is 0.221 e. The Kier molecular flexibility index (Phi) is 4.14. The van der Waals surface area contributed by atoms with Crippen LogP contribution < -0.4 is 15.4 Å². The molecule has 1 saturated heterocycles. The Hall–Kier alpha value is -1.36. The number of nitrogens with one attached hydrogen (secondary N) is 2. The Balaban J connectivity index is 1.97. The second kappa shape index (κ2) is 5.82. The third-order valence-corrected chi connectivity index (χ3v) is 3.00. The zero-order valence-electron chi connectivity index (χ0n) is 10.5. The van der Waals surface area contributed by atoms with Gasteiger partial charge in [0.1, 0.15) is 12.1 Å². The Morgan fingerprint density at radius 3 is 3.12 bits per heavy atom. The summed E-state index contributed by atoms with van der Waals surface area (Å²) < 4.78 is 5.44. The molecule has 0 bridgehead atoms. The highest BCUT2D eigenvalue weighted by Crippen LogP contribution is 2.20. The van der Waals surface area contributed by atoms with Gasteiger partial charge in [0.05, 0.1) is 12.2 Å². The predicted molar refractivity (Wildman–Crippen MR) is 67.5 cm³/mol. The molecular formula is C12H20N4O. The van der Waals surface area contributed by atoms with Gasteiger partial charge in [-0.05, 0) is 33.2 Å². The Bertz CT molecular complexity index is 364. The van der Waals surface area contributed by atoms with Gasteiger partial charge in [-0.15, -0.1) is 0 Å². The largest absolute Gasteiger partial charge is 0.478 e. The van der Waals surface area contributed by atoms with Crippen molar-refractivity contribution < 1.29 is 4.74 Å². The van der Waals surface area contributed by atoms with Crippen LogP contribution in [-0.4, -0.2) is 35.7 Å². The van der Waals surface area contributed by atoms with Crippen LogP contribution in [0.4, 0.5) is 5.82 Å². The molecule has 5 heteroatoms. The van der Waals surface area contributed by atoms with Crippen molar-refractivity contribution in [2.75, 3.05) is 25.0 Å². The normalized spacial score (nSPS) is 19.3. The van der Waals surface area contributed by atoms with Crippen LogP contribution in [0, 0.1) is 6.92 Å². The van der Waals surface area contributed by atoms with Crippen molar-refractivity contribution in [1.29, 1.82) is 0 Å². The second-order valence-electron chi connectivity index (χ2n) is 4.26. The SMILES string of the molecule is CCOc1ncnc(NCC2CCCN2)c1C. The van der Waals surface area contributed by atoms with Crippen molar-refractivity contribution >= 4 is 5.82 Å². The number of nitrogens with zero attached hydrogens (tertiary/aromatic N) is 2. The molecule has 0 aliphatic carbocycles. The molecule has 0 amide bonds. The summed E-state index contributed by atoms with van der Waals surface area (Å²) in [5, 5.41) is 6.81. The van der Waals surface area contributed by atoms with Crippen LogP contribution in [0.25, 0.3) is 0 Å². The van der Waals surface area contributed by atoms with E-state index in [0.29, 0.717) is 18.5 Å². The number of hydrogen-bond acceptors (Lipinski definition) is 5. The highest BCUT2D eigenvalue weighted by molar-refractivity contribution is 5.47. The van der Waals surface area contributed by atoms with E-state index >= 15 is 0 Å². The maximum absolute atomic E-state index is 5.44. The van der Waals surface area contributed by atoms with Gasteiger partial charge in [-0.3, -0.25) is 0 Å². The van der Waals surface area contributed by atoms with E-state index in [1.165, 1.54) is 12.8 Å². The molecule has 0 radical (unpaired) electrons. The van der Waals surface area contributed by atoms with Gasteiger partial charge < -0.3 is 15.4 Å². The molecule has 1 aromatic heterocycles. The summed E-state index contributed by atoms with van der Waals surface area (Å²) in [6.07, 6.45) is 4.04. The van der Waals surface area contributed by atoms with Crippen molar-refractivity contribution in [2.45, 2.75) is 32.7 Å². The van der Waals surface area contributed by atoms with E-state index < -0.39 is 0 Å². The van der Waals surface area contributed by atoms with Crippen LogP contribution in [0.2, 0.25) is 0 Å². The van der Waals surface area contributed by atoms with Crippen LogP contribution in [0.15, 0.2) is 6.33 Å². The average molecular weight is 236 g/mol. The molecular weight excluding hydrogens is 216 g/mol. The quantitative estimate of drug-likeness (QED) is 0.808. The van der Waals surface area contributed by atoms with Crippen molar-refractivity contribution in [3.05, 3.63) is 11.9 Å². The van der Waals surface area contributed by atoms with Crippen LogP contribution in [0.3, 0.4) is 0 Å². The van der Waals surface area contributed by atoms with Gasteiger partial charge in [0, 0.05) is 12.6 Å². The van der Waals surface area contributed by atoms with E-state index in [4.69, 9.17) is 4.74 Å². The molecule has 0 saturated carbocycles.